The summed E-state index contributed by atoms with van der Waals surface area (Å²) in [5.41, 5.74) is 1.42. The SMILES string of the molecule is CCC1C=c2ccc3c(O)ccc4ccc(c2c43)C1. The zero-order valence-electron chi connectivity index (χ0n) is 11.0. The van der Waals surface area contributed by atoms with Crippen LogP contribution in [0.1, 0.15) is 18.9 Å². The van der Waals surface area contributed by atoms with Gasteiger partial charge in [0, 0.05) is 10.8 Å². The van der Waals surface area contributed by atoms with E-state index in [0.717, 1.165) is 11.8 Å². The number of rotatable bonds is 1. The first-order chi connectivity index (χ1) is 9.28. The summed E-state index contributed by atoms with van der Waals surface area (Å²) in [5.74, 6) is 1.03. The highest BCUT2D eigenvalue weighted by Crippen LogP contribution is 2.35. The highest BCUT2D eigenvalue weighted by molar-refractivity contribution is 6.13. The summed E-state index contributed by atoms with van der Waals surface area (Å²) in [4.78, 5) is 0. The molecule has 0 saturated heterocycles. The molecule has 4 rings (SSSR count). The summed E-state index contributed by atoms with van der Waals surface area (Å²) in [5, 5.41) is 16.2. The summed E-state index contributed by atoms with van der Waals surface area (Å²) < 4.78 is 0. The van der Waals surface area contributed by atoms with E-state index in [1.54, 1.807) is 6.07 Å². The first kappa shape index (κ1) is 10.9. The third-order valence-corrected chi connectivity index (χ3v) is 4.43. The van der Waals surface area contributed by atoms with Crippen molar-refractivity contribution in [2.45, 2.75) is 19.8 Å². The summed E-state index contributed by atoms with van der Waals surface area (Å²) in [7, 11) is 0. The van der Waals surface area contributed by atoms with Gasteiger partial charge in [-0.25, -0.2) is 0 Å². The predicted molar refractivity (Wildman–Crippen MR) is 80.3 cm³/mol. The normalized spacial score (nSPS) is 17.8. The molecule has 1 nitrogen and oxygen atoms in total. The molecule has 0 saturated carbocycles. The van der Waals surface area contributed by atoms with E-state index < -0.39 is 0 Å². The van der Waals surface area contributed by atoms with Gasteiger partial charge in [0.05, 0.1) is 0 Å². The average Bonchev–Trinajstić information content (AvgIpc) is 2.46. The molecule has 0 bridgehead atoms. The maximum absolute atomic E-state index is 10.1. The molecule has 1 atom stereocenters. The Balaban J connectivity index is 2.26. The average molecular weight is 248 g/mol. The molecule has 1 unspecified atom stereocenters. The number of hydrogen-bond acceptors (Lipinski definition) is 1. The highest BCUT2D eigenvalue weighted by Gasteiger charge is 2.16. The van der Waals surface area contributed by atoms with Crippen LogP contribution in [0.25, 0.3) is 27.6 Å². The Kier molecular flexibility index (Phi) is 2.14. The summed E-state index contributed by atoms with van der Waals surface area (Å²) in [6.07, 6.45) is 4.70. The predicted octanol–water partition coefficient (Wildman–Crippen LogP) is 3.78. The van der Waals surface area contributed by atoms with E-state index in [-0.39, 0.29) is 0 Å². The molecule has 1 N–H and O–H groups in total. The van der Waals surface area contributed by atoms with E-state index in [1.165, 1.54) is 33.4 Å². The Bertz CT molecular complexity index is 845. The molecule has 0 radical (unpaired) electrons. The van der Waals surface area contributed by atoms with Crippen LogP contribution in [0.2, 0.25) is 0 Å². The highest BCUT2D eigenvalue weighted by atomic mass is 16.3. The van der Waals surface area contributed by atoms with E-state index in [9.17, 15) is 5.11 Å². The van der Waals surface area contributed by atoms with Crippen molar-refractivity contribution in [3.8, 4) is 5.75 Å². The zero-order chi connectivity index (χ0) is 13.0. The fourth-order valence-corrected chi connectivity index (χ4v) is 3.40. The molecule has 0 heterocycles. The second kappa shape index (κ2) is 3.74. The molecule has 0 fully saturated rings. The molecular formula is C18H16O. The van der Waals surface area contributed by atoms with Crippen molar-refractivity contribution in [3.05, 3.63) is 47.2 Å². The smallest absolute Gasteiger partial charge is 0.123 e. The van der Waals surface area contributed by atoms with Gasteiger partial charge in [0.15, 0.2) is 0 Å². The number of phenolic OH excluding ortho intramolecular Hbond substituents is 1. The van der Waals surface area contributed by atoms with Crippen molar-refractivity contribution in [1.29, 1.82) is 0 Å². The largest absolute Gasteiger partial charge is 0.507 e. The van der Waals surface area contributed by atoms with Crippen molar-refractivity contribution in [2.24, 2.45) is 5.92 Å². The van der Waals surface area contributed by atoms with Crippen molar-refractivity contribution in [2.75, 3.05) is 0 Å². The Morgan fingerprint density at radius 3 is 2.74 bits per heavy atom. The van der Waals surface area contributed by atoms with Crippen LogP contribution in [0.3, 0.4) is 0 Å². The van der Waals surface area contributed by atoms with E-state index in [2.05, 4.69) is 37.3 Å². The lowest BCUT2D eigenvalue weighted by molar-refractivity contribution is 0.482. The minimum Gasteiger partial charge on any atom is -0.507 e. The monoisotopic (exact) mass is 248 g/mol. The van der Waals surface area contributed by atoms with Crippen LogP contribution in [0, 0.1) is 5.92 Å². The minimum atomic E-state index is 0.383. The first-order valence-electron chi connectivity index (χ1n) is 6.95. The van der Waals surface area contributed by atoms with Gasteiger partial charge in [-0.15, -0.1) is 0 Å². The van der Waals surface area contributed by atoms with Gasteiger partial charge >= 0.3 is 0 Å². The lowest BCUT2D eigenvalue weighted by atomic mass is 9.84. The van der Waals surface area contributed by atoms with Gasteiger partial charge in [0.25, 0.3) is 0 Å². The van der Waals surface area contributed by atoms with Gasteiger partial charge in [-0.1, -0.05) is 43.3 Å². The van der Waals surface area contributed by atoms with E-state index in [1.807, 2.05) is 6.07 Å². The molecule has 0 aliphatic heterocycles. The van der Waals surface area contributed by atoms with Gasteiger partial charge in [0.2, 0.25) is 0 Å². The number of benzene rings is 3. The lowest BCUT2D eigenvalue weighted by Crippen LogP contribution is -2.16. The van der Waals surface area contributed by atoms with Gasteiger partial charge in [-0.05, 0) is 46.4 Å². The van der Waals surface area contributed by atoms with Crippen molar-refractivity contribution in [3.63, 3.8) is 0 Å². The molecule has 3 aromatic carbocycles. The molecule has 3 aromatic rings. The van der Waals surface area contributed by atoms with Gasteiger partial charge in [0.1, 0.15) is 5.75 Å². The Hall–Kier alpha value is -2.02. The molecule has 94 valence electrons. The van der Waals surface area contributed by atoms with Crippen LogP contribution >= 0.6 is 0 Å². The Morgan fingerprint density at radius 2 is 1.89 bits per heavy atom. The maximum Gasteiger partial charge on any atom is 0.123 e. The first-order valence-corrected chi connectivity index (χ1v) is 6.95. The second-order valence-corrected chi connectivity index (χ2v) is 5.52. The second-order valence-electron chi connectivity index (χ2n) is 5.52. The maximum atomic E-state index is 10.1. The molecule has 19 heavy (non-hydrogen) atoms. The van der Waals surface area contributed by atoms with Crippen LogP contribution in [-0.2, 0) is 6.42 Å². The van der Waals surface area contributed by atoms with Gasteiger partial charge in [-0.2, -0.15) is 0 Å². The minimum absolute atomic E-state index is 0.383. The summed E-state index contributed by atoms with van der Waals surface area (Å²) in [6, 6.07) is 12.5. The van der Waals surface area contributed by atoms with Gasteiger partial charge in [-0.3, -0.25) is 0 Å². The molecule has 0 spiro atoms. The van der Waals surface area contributed by atoms with Crippen LogP contribution in [0.5, 0.6) is 5.75 Å². The molecular weight excluding hydrogens is 232 g/mol. The molecule has 1 aliphatic rings. The Labute approximate surface area is 112 Å². The fraction of sp³-hybridized carbons (Fsp3) is 0.222. The van der Waals surface area contributed by atoms with Crippen molar-refractivity contribution >= 4 is 27.6 Å². The van der Waals surface area contributed by atoms with Crippen molar-refractivity contribution in [1.82, 2.24) is 0 Å². The summed E-state index contributed by atoms with van der Waals surface area (Å²) >= 11 is 0. The van der Waals surface area contributed by atoms with Gasteiger partial charge < -0.3 is 5.11 Å². The summed E-state index contributed by atoms with van der Waals surface area (Å²) in [6.45, 7) is 2.25. The Morgan fingerprint density at radius 1 is 1.05 bits per heavy atom. The molecule has 1 heteroatoms. The third-order valence-electron chi connectivity index (χ3n) is 4.43. The van der Waals surface area contributed by atoms with Crippen LogP contribution < -0.4 is 5.22 Å². The number of hydrogen-bond donors (Lipinski definition) is 1. The van der Waals surface area contributed by atoms with E-state index >= 15 is 0 Å². The third kappa shape index (κ3) is 1.42. The van der Waals surface area contributed by atoms with Crippen LogP contribution in [-0.4, -0.2) is 5.11 Å². The molecule has 1 aliphatic carbocycles. The van der Waals surface area contributed by atoms with E-state index in [4.69, 9.17) is 0 Å². The topological polar surface area (TPSA) is 20.2 Å². The van der Waals surface area contributed by atoms with Crippen molar-refractivity contribution < 1.29 is 5.11 Å². The standard InChI is InChI=1S/C18H16O/c1-2-11-9-13-4-3-12-6-8-16(19)15-7-5-14(10-11)17(13)18(12)15/h3-8,10-11,19H,2,9H2,1H3. The fourth-order valence-electron chi connectivity index (χ4n) is 3.40. The van der Waals surface area contributed by atoms with E-state index in [0.29, 0.717) is 11.7 Å². The zero-order valence-corrected chi connectivity index (χ0v) is 11.0. The number of phenols is 1. The lowest BCUT2D eigenvalue weighted by Gasteiger charge is -2.20. The van der Waals surface area contributed by atoms with Crippen LogP contribution in [0.4, 0.5) is 0 Å². The quantitative estimate of drug-likeness (QED) is 0.695. The number of aromatic hydroxyl groups is 1. The molecule has 0 aromatic heterocycles. The van der Waals surface area contributed by atoms with Crippen LogP contribution in [0.15, 0.2) is 36.4 Å². The molecule has 0 amide bonds.